The van der Waals surface area contributed by atoms with Crippen LogP contribution in [0.2, 0.25) is 0 Å². The van der Waals surface area contributed by atoms with Crippen molar-refractivity contribution in [2.24, 2.45) is 0 Å². The van der Waals surface area contributed by atoms with Gasteiger partial charge in [0.2, 0.25) is 5.43 Å². The maximum Gasteiger partial charge on any atom is 0.387 e. The Morgan fingerprint density at radius 2 is 1.81 bits per heavy atom. The number of rotatable bonds is 5. The minimum Gasteiger partial charge on any atom is -0.435 e. The minimum atomic E-state index is -4.06. The van der Waals surface area contributed by atoms with Crippen molar-refractivity contribution in [2.75, 3.05) is 4.72 Å². The van der Waals surface area contributed by atoms with Gasteiger partial charge < -0.3 is 9.72 Å². The standard InChI is InChI=1S/C12H10F2N2O4S/c13-12(14)20-9-3-1-8(2-4-9)16-21(18,19)11-7-15-6-5-10(11)17/h1-7,12,16H,(H,15,17). The topological polar surface area (TPSA) is 88.3 Å². The van der Waals surface area contributed by atoms with Crippen molar-refractivity contribution < 1.29 is 21.9 Å². The van der Waals surface area contributed by atoms with Gasteiger partial charge in [-0.1, -0.05) is 0 Å². The van der Waals surface area contributed by atoms with Crippen LogP contribution in [0.25, 0.3) is 0 Å². The smallest absolute Gasteiger partial charge is 0.387 e. The summed E-state index contributed by atoms with van der Waals surface area (Å²) >= 11 is 0. The average molecular weight is 316 g/mol. The molecule has 0 saturated carbocycles. The third-order valence-corrected chi connectivity index (χ3v) is 3.81. The molecule has 21 heavy (non-hydrogen) atoms. The summed E-state index contributed by atoms with van der Waals surface area (Å²) in [5, 5.41) is 0. The molecule has 0 aliphatic heterocycles. The zero-order valence-corrected chi connectivity index (χ0v) is 11.2. The number of sulfonamides is 1. The third kappa shape index (κ3) is 3.78. The molecule has 1 heterocycles. The molecule has 0 radical (unpaired) electrons. The Hall–Kier alpha value is -2.42. The summed E-state index contributed by atoms with van der Waals surface area (Å²) in [5.74, 6) is -0.106. The Balaban J connectivity index is 2.21. The van der Waals surface area contributed by atoms with E-state index in [2.05, 4.69) is 14.4 Å². The van der Waals surface area contributed by atoms with Crippen LogP contribution in [0.3, 0.4) is 0 Å². The fourth-order valence-corrected chi connectivity index (χ4v) is 2.64. The van der Waals surface area contributed by atoms with E-state index in [0.29, 0.717) is 0 Å². The summed E-state index contributed by atoms with van der Waals surface area (Å²) in [6, 6.07) is 5.92. The minimum absolute atomic E-state index is 0.106. The second-order valence-electron chi connectivity index (χ2n) is 3.88. The lowest BCUT2D eigenvalue weighted by Crippen LogP contribution is -2.20. The van der Waals surface area contributed by atoms with Gasteiger partial charge in [-0.3, -0.25) is 9.52 Å². The fourth-order valence-electron chi connectivity index (χ4n) is 1.53. The molecule has 0 atom stereocenters. The number of H-pyrrole nitrogens is 1. The molecule has 0 bridgehead atoms. The normalized spacial score (nSPS) is 11.4. The van der Waals surface area contributed by atoms with Crippen molar-refractivity contribution in [1.29, 1.82) is 0 Å². The summed E-state index contributed by atoms with van der Waals surface area (Å²) in [4.78, 5) is 13.5. The Morgan fingerprint density at radius 1 is 1.14 bits per heavy atom. The summed E-state index contributed by atoms with van der Waals surface area (Å²) in [6.45, 7) is -2.96. The van der Waals surface area contributed by atoms with Gasteiger partial charge in [-0.2, -0.15) is 8.78 Å². The van der Waals surface area contributed by atoms with Gasteiger partial charge >= 0.3 is 6.61 Å². The Kier molecular flexibility index (Phi) is 4.22. The molecular weight excluding hydrogens is 306 g/mol. The van der Waals surface area contributed by atoms with Gasteiger partial charge in [0.05, 0.1) is 0 Å². The lowest BCUT2D eigenvalue weighted by Gasteiger charge is -2.08. The highest BCUT2D eigenvalue weighted by Crippen LogP contribution is 2.19. The number of hydrogen-bond acceptors (Lipinski definition) is 4. The monoisotopic (exact) mass is 316 g/mol. The van der Waals surface area contributed by atoms with E-state index >= 15 is 0 Å². The number of ether oxygens (including phenoxy) is 1. The van der Waals surface area contributed by atoms with Crippen LogP contribution in [0.15, 0.2) is 52.4 Å². The molecule has 6 nitrogen and oxygen atoms in total. The highest BCUT2D eigenvalue weighted by Gasteiger charge is 2.17. The highest BCUT2D eigenvalue weighted by atomic mass is 32.2. The zero-order chi connectivity index (χ0) is 15.5. The van der Waals surface area contributed by atoms with Gasteiger partial charge in [0, 0.05) is 24.1 Å². The van der Waals surface area contributed by atoms with E-state index in [1.807, 2.05) is 0 Å². The highest BCUT2D eigenvalue weighted by molar-refractivity contribution is 7.92. The van der Waals surface area contributed by atoms with Crippen molar-refractivity contribution in [2.45, 2.75) is 11.5 Å². The van der Waals surface area contributed by atoms with E-state index in [1.54, 1.807) is 0 Å². The van der Waals surface area contributed by atoms with Crippen molar-refractivity contribution in [1.82, 2.24) is 4.98 Å². The second kappa shape index (κ2) is 5.92. The molecule has 1 aromatic carbocycles. The molecule has 0 amide bonds. The molecule has 0 saturated heterocycles. The molecule has 2 N–H and O–H groups in total. The van der Waals surface area contributed by atoms with Crippen LogP contribution in [-0.4, -0.2) is 20.0 Å². The van der Waals surface area contributed by atoms with Crippen molar-refractivity contribution in [3.8, 4) is 5.75 Å². The number of halogens is 2. The lowest BCUT2D eigenvalue weighted by molar-refractivity contribution is -0.0498. The largest absolute Gasteiger partial charge is 0.435 e. The Labute approximate surface area is 118 Å². The van der Waals surface area contributed by atoms with Gasteiger partial charge in [0.25, 0.3) is 10.0 Å². The predicted octanol–water partition coefficient (Wildman–Crippen LogP) is 1.78. The Bertz CT molecular complexity index is 772. The lowest BCUT2D eigenvalue weighted by atomic mass is 10.3. The van der Waals surface area contributed by atoms with Crippen LogP contribution < -0.4 is 14.9 Å². The maximum absolute atomic E-state index is 12.0. The van der Waals surface area contributed by atoms with E-state index in [-0.39, 0.29) is 11.4 Å². The molecule has 2 rings (SSSR count). The van der Waals surface area contributed by atoms with Crippen molar-refractivity contribution in [3.05, 3.63) is 52.9 Å². The molecule has 0 aliphatic carbocycles. The number of alkyl halides is 2. The molecule has 0 unspecified atom stereocenters. The molecule has 0 fully saturated rings. The first-order valence-electron chi connectivity index (χ1n) is 5.63. The fraction of sp³-hybridized carbons (Fsp3) is 0.0833. The maximum atomic E-state index is 12.0. The number of aromatic amines is 1. The van der Waals surface area contributed by atoms with E-state index < -0.39 is 27.0 Å². The molecule has 112 valence electrons. The van der Waals surface area contributed by atoms with Crippen LogP contribution in [-0.2, 0) is 10.0 Å². The molecule has 0 aliphatic rings. The number of benzene rings is 1. The summed E-state index contributed by atoms with van der Waals surface area (Å²) < 4.78 is 54.3. The number of pyridine rings is 1. The van der Waals surface area contributed by atoms with Crippen LogP contribution in [0.1, 0.15) is 0 Å². The number of aromatic nitrogens is 1. The van der Waals surface area contributed by atoms with E-state index in [0.717, 1.165) is 12.3 Å². The molecule has 2 aromatic rings. The van der Waals surface area contributed by atoms with Gasteiger partial charge in [0.15, 0.2) is 4.90 Å². The first-order chi connectivity index (χ1) is 9.88. The predicted molar refractivity (Wildman–Crippen MR) is 70.9 cm³/mol. The van der Waals surface area contributed by atoms with Crippen LogP contribution >= 0.6 is 0 Å². The molecule has 9 heteroatoms. The average Bonchev–Trinajstić information content (AvgIpc) is 2.40. The summed E-state index contributed by atoms with van der Waals surface area (Å²) in [6.07, 6.45) is 2.36. The van der Waals surface area contributed by atoms with Crippen molar-refractivity contribution in [3.63, 3.8) is 0 Å². The first-order valence-corrected chi connectivity index (χ1v) is 7.11. The number of nitrogens with one attached hydrogen (secondary N) is 2. The number of anilines is 1. The number of hydrogen-bond donors (Lipinski definition) is 2. The quantitative estimate of drug-likeness (QED) is 0.880. The third-order valence-electron chi connectivity index (χ3n) is 2.41. The SMILES string of the molecule is O=c1cc[nH]cc1S(=O)(=O)Nc1ccc(OC(F)F)cc1. The summed E-state index contributed by atoms with van der Waals surface area (Å²) in [5.41, 5.74) is -0.557. The van der Waals surface area contributed by atoms with E-state index in [9.17, 15) is 22.0 Å². The molecular formula is C12H10F2N2O4S. The first kappa shape index (κ1) is 15.0. The van der Waals surface area contributed by atoms with Gasteiger partial charge in [0.1, 0.15) is 5.75 Å². The van der Waals surface area contributed by atoms with Crippen LogP contribution in [0, 0.1) is 0 Å². The Morgan fingerprint density at radius 3 is 2.38 bits per heavy atom. The van der Waals surface area contributed by atoms with Gasteiger partial charge in [-0.25, -0.2) is 8.42 Å². The van der Waals surface area contributed by atoms with Crippen LogP contribution in [0.5, 0.6) is 5.75 Å². The molecule has 0 spiro atoms. The zero-order valence-electron chi connectivity index (χ0n) is 10.4. The van der Waals surface area contributed by atoms with Crippen LogP contribution in [0.4, 0.5) is 14.5 Å². The second-order valence-corrected chi connectivity index (χ2v) is 5.53. The van der Waals surface area contributed by atoms with E-state index in [1.165, 1.54) is 30.5 Å². The van der Waals surface area contributed by atoms with E-state index in [4.69, 9.17) is 0 Å². The van der Waals surface area contributed by atoms with Gasteiger partial charge in [-0.15, -0.1) is 0 Å². The molecule has 1 aromatic heterocycles. The van der Waals surface area contributed by atoms with Crippen molar-refractivity contribution >= 4 is 15.7 Å². The van der Waals surface area contributed by atoms with Gasteiger partial charge in [-0.05, 0) is 24.3 Å². The summed E-state index contributed by atoms with van der Waals surface area (Å²) in [7, 11) is -4.06.